The molecule has 0 spiro atoms. The first-order valence-electron chi connectivity index (χ1n) is 14.1. The van der Waals surface area contributed by atoms with E-state index in [0.29, 0.717) is 0 Å². The van der Waals surface area contributed by atoms with E-state index in [1.165, 1.54) is 0 Å². The topological polar surface area (TPSA) is 348 Å². The van der Waals surface area contributed by atoms with Crippen molar-refractivity contribution in [1.82, 2.24) is 0 Å². The average Bonchev–Trinajstić information content (AvgIpc) is 3.28. The monoisotopic (exact) mass is 666 g/mol. The molecule has 4 heterocycles. The Labute approximate surface area is 254 Å². The van der Waals surface area contributed by atoms with Crippen molar-refractivity contribution < 1.29 is 105 Å². The van der Waals surface area contributed by atoms with Crippen LogP contribution in [0.4, 0.5) is 0 Å². The molecule has 0 aromatic heterocycles. The zero-order valence-corrected chi connectivity index (χ0v) is 23.5. The van der Waals surface area contributed by atoms with Gasteiger partial charge < -0.3 is 105 Å². The van der Waals surface area contributed by atoms with Gasteiger partial charge in [-0.3, -0.25) is 0 Å². The minimum absolute atomic E-state index is 0.689. The van der Waals surface area contributed by atoms with E-state index >= 15 is 0 Å². The van der Waals surface area contributed by atoms with E-state index in [4.69, 9.17) is 33.2 Å². The first-order valence-corrected chi connectivity index (χ1v) is 14.1. The van der Waals surface area contributed by atoms with Crippen LogP contribution in [-0.4, -0.2) is 221 Å². The molecule has 264 valence electrons. The maximum Gasteiger partial charge on any atom is 0.224 e. The highest BCUT2D eigenvalue weighted by atomic mass is 16.8. The fourth-order valence-electron chi connectivity index (χ4n) is 5.50. The van der Waals surface area contributed by atoms with Crippen LogP contribution in [-0.2, 0) is 33.2 Å². The second-order valence-electron chi connectivity index (χ2n) is 11.2. The fourth-order valence-corrected chi connectivity index (χ4v) is 5.50. The molecule has 45 heavy (non-hydrogen) atoms. The summed E-state index contributed by atoms with van der Waals surface area (Å²) in [6.45, 7) is -4.25. The third kappa shape index (κ3) is 7.15. The van der Waals surface area contributed by atoms with Crippen LogP contribution < -0.4 is 0 Å². The van der Waals surface area contributed by atoms with Crippen molar-refractivity contribution in [3.05, 3.63) is 0 Å². The molecule has 21 nitrogen and oxygen atoms in total. The molecule has 0 radical (unpaired) electrons. The number of hydrogen-bond acceptors (Lipinski definition) is 21. The van der Waals surface area contributed by atoms with Gasteiger partial charge in [0.25, 0.3) is 0 Å². The van der Waals surface area contributed by atoms with E-state index < -0.39 is 149 Å². The lowest BCUT2D eigenvalue weighted by Gasteiger charge is -2.47. The van der Waals surface area contributed by atoms with Crippen molar-refractivity contribution in [3.63, 3.8) is 0 Å². The molecule has 14 N–H and O–H groups in total. The average molecular weight is 667 g/mol. The van der Waals surface area contributed by atoms with Crippen molar-refractivity contribution in [3.8, 4) is 0 Å². The van der Waals surface area contributed by atoms with Gasteiger partial charge in [-0.2, -0.15) is 0 Å². The van der Waals surface area contributed by atoms with Crippen molar-refractivity contribution in [1.29, 1.82) is 0 Å². The minimum Gasteiger partial charge on any atom is -0.394 e. The third-order valence-corrected chi connectivity index (χ3v) is 8.28. The number of aliphatic hydroxyl groups is 14. The maximum absolute atomic E-state index is 10.9. The predicted octanol–water partition coefficient (Wildman–Crippen LogP) is -9.75. The summed E-state index contributed by atoms with van der Waals surface area (Å²) in [4.78, 5) is 0. The number of aliphatic hydroxyl groups excluding tert-OH is 14. The molecule has 0 aromatic carbocycles. The minimum atomic E-state index is -2.43. The van der Waals surface area contributed by atoms with Crippen LogP contribution in [0.2, 0.25) is 0 Å². The summed E-state index contributed by atoms with van der Waals surface area (Å²) in [6, 6.07) is 0. The second kappa shape index (κ2) is 15.1. The highest BCUT2D eigenvalue weighted by Gasteiger charge is 2.59. The molecule has 21 heteroatoms. The van der Waals surface area contributed by atoms with Gasteiger partial charge in [-0.15, -0.1) is 0 Å². The molecule has 0 aliphatic carbocycles. The van der Waals surface area contributed by atoms with Crippen molar-refractivity contribution in [2.45, 2.75) is 116 Å². The number of rotatable bonds is 11. The Hall–Kier alpha value is -0.840. The molecular formula is C24H42O21. The van der Waals surface area contributed by atoms with Crippen LogP contribution in [0.5, 0.6) is 0 Å². The molecule has 0 saturated carbocycles. The van der Waals surface area contributed by atoms with Crippen LogP contribution in [0, 0.1) is 0 Å². The van der Waals surface area contributed by atoms with Gasteiger partial charge in [0, 0.05) is 0 Å². The molecule has 19 atom stereocenters. The van der Waals surface area contributed by atoms with Crippen molar-refractivity contribution in [2.24, 2.45) is 0 Å². The van der Waals surface area contributed by atoms with E-state index in [-0.39, 0.29) is 0 Å². The van der Waals surface area contributed by atoms with Gasteiger partial charge in [0.05, 0.1) is 26.4 Å². The summed E-state index contributed by atoms with van der Waals surface area (Å²) in [6.07, 6.45) is -31.8. The van der Waals surface area contributed by atoms with Crippen molar-refractivity contribution in [2.75, 3.05) is 33.0 Å². The lowest BCUT2D eigenvalue weighted by Crippen LogP contribution is -2.66. The summed E-state index contributed by atoms with van der Waals surface area (Å²) in [5, 5.41) is 142. The number of hydrogen-bond donors (Lipinski definition) is 14. The highest BCUT2D eigenvalue weighted by molar-refractivity contribution is 4.99. The van der Waals surface area contributed by atoms with Crippen LogP contribution in [0.3, 0.4) is 0 Å². The van der Waals surface area contributed by atoms with Gasteiger partial charge >= 0.3 is 0 Å². The summed E-state index contributed by atoms with van der Waals surface area (Å²) in [5.41, 5.74) is 0. The van der Waals surface area contributed by atoms with Gasteiger partial charge in [-0.05, 0) is 0 Å². The molecule has 4 aliphatic heterocycles. The molecule has 4 fully saturated rings. The van der Waals surface area contributed by atoms with E-state index in [1.807, 2.05) is 0 Å². The summed E-state index contributed by atoms with van der Waals surface area (Å²) >= 11 is 0. The lowest BCUT2D eigenvalue weighted by molar-refractivity contribution is -0.399. The smallest absolute Gasteiger partial charge is 0.224 e. The Morgan fingerprint density at radius 3 is 1.56 bits per heavy atom. The Morgan fingerprint density at radius 1 is 0.489 bits per heavy atom. The molecule has 4 aliphatic rings. The SMILES string of the molecule is OC[C@H]1O[C@@H](OC[C@H]2O[C@H](O[C@H]3[C@H](O)[C@@H](O)[C@@H](O[C@]4(CO)O[C@H](CO)[C@@H](O)[C@@H]4O)O[C@@H]3CO)[C@H](O)[C@@H](O)[C@H]2O)[C@H](O)[C@@H](O)[C@H]1O. The summed E-state index contributed by atoms with van der Waals surface area (Å²) in [5.74, 6) is -2.43. The predicted molar refractivity (Wildman–Crippen MR) is 134 cm³/mol. The van der Waals surface area contributed by atoms with Gasteiger partial charge in [-0.25, -0.2) is 0 Å². The Morgan fingerprint density at radius 2 is 1.00 bits per heavy atom. The second-order valence-corrected chi connectivity index (χ2v) is 11.2. The van der Waals surface area contributed by atoms with Crippen LogP contribution in [0.1, 0.15) is 0 Å². The number of ether oxygens (including phenoxy) is 7. The fraction of sp³-hybridized carbons (Fsp3) is 1.00. The van der Waals surface area contributed by atoms with Gasteiger partial charge in [0.2, 0.25) is 5.79 Å². The van der Waals surface area contributed by atoms with E-state index in [9.17, 15) is 71.5 Å². The molecule has 0 aromatic rings. The standard InChI is InChI=1S/C24H42O21/c25-1-6-10(29)13(32)16(35)21(40-6)39-4-9-11(30)14(33)17(36)22(42-9)43-19-8(3-27)41-23(18(37)15(19)34)45-24(5-28)20(38)12(31)7(2-26)44-24/h6-23,25-38H,1-5H2/t6-,7-,8-,9-,10+,11+,12-,13+,14+,15-,16-,17-,18-,19-,20+,21-,22-,23-,24+/m1/s1. The zero-order valence-electron chi connectivity index (χ0n) is 23.5. The lowest BCUT2D eigenvalue weighted by atomic mass is 9.96. The molecule has 4 saturated heterocycles. The molecule has 0 amide bonds. The summed E-state index contributed by atoms with van der Waals surface area (Å²) in [7, 11) is 0. The molecule has 0 unspecified atom stereocenters. The zero-order chi connectivity index (χ0) is 33.4. The third-order valence-electron chi connectivity index (χ3n) is 8.28. The van der Waals surface area contributed by atoms with E-state index in [2.05, 4.69) is 0 Å². The first kappa shape index (κ1) is 37.0. The highest BCUT2D eigenvalue weighted by Crippen LogP contribution is 2.37. The van der Waals surface area contributed by atoms with Crippen molar-refractivity contribution >= 4 is 0 Å². The van der Waals surface area contributed by atoms with E-state index in [0.717, 1.165) is 0 Å². The van der Waals surface area contributed by atoms with Crippen LogP contribution in [0.15, 0.2) is 0 Å². The summed E-state index contributed by atoms with van der Waals surface area (Å²) < 4.78 is 37.7. The molecule has 0 bridgehead atoms. The Kier molecular flexibility index (Phi) is 12.5. The molecular weight excluding hydrogens is 624 g/mol. The van der Waals surface area contributed by atoms with Gasteiger partial charge in [0.15, 0.2) is 18.9 Å². The quantitative estimate of drug-likeness (QED) is 0.0973. The normalized spacial score (nSPS) is 52.7. The Balaban J connectivity index is 1.43. The van der Waals surface area contributed by atoms with E-state index in [1.54, 1.807) is 0 Å². The van der Waals surface area contributed by atoms with Gasteiger partial charge in [-0.1, -0.05) is 0 Å². The van der Waals surface area contributed by atoms with Crippen LogP contribution >= 0.6 is 0 Å². The Bertz CT molecular complexity index is 929. The maximum atomic E-state index is 10.9. The largest absolute Gasteiger partial charge is 0.394 e. The molecule has 4 rings (SSSR count). The first-order chi connectivity index (χ1) is 21.2. The van der Waals surface area contributed by atoms with Crippen LogP contribution in [0.25, 0.3) is 0 Å². The van der Waals surface area contributed by atoms with Gasteiger partial charge in [0.1, 0.15) is 98.2 Å².